The molecule has 2 aromatic carbocycles. The first kappa shape index (κ1) is 30.5. The number of esters is 1. The Bertz CT molecular complexity index is 1290. The molecule has 0 amide bonds. The molecule has 0 fully saturated rings. The Morgan fingerprint density at radius 3 is 2.28 bits per heavy atom. The number of fused-ring (bicyclic) bond motifs is 1. The molecule has 1 heterocycles. The van der Waals surface area contributed by atoms with Crippen molar-refractivity contribution >= 4 is 27.2 Å². The molecule has 3 rings (SSSR count). The number of nitrogens with zero attached hydrogens (tertiary/aromatic N) is 1. The van der Waals surface area contributed by atoms with Gasteiger partial charge in [0.25, 0.3) is 0 Å². The van der Waals surface area contributed by atoms with Gasteiger partial charge in [0.05, 0.1) is 29.2 Å². The van der Waals surface area contributed by atoms with Crippen LogP contribution in [0.4, 0.5) is 42.1 Å². The number of carbonyl (C=O) groups is 1. The van der Waals surface area contributed by atoms with Gasteiger partial charge in [-0.25, -0.2) is 26.0 Å². The molecule has 0 bridgehead atoms. The van der Waals surface area contributed by atoms with E-state index in [1.54, 1.807) is 0 Å². The van der Waals surface area contributed by atoms with E-state index in [0.717, 1.165) is 36.3 Å². The summed E-state index contributed by atoms with van der Waals surface area (Å²) in [6.07, 6.45) is -6.57. The van der Waals surface area contributed by atoms with E-state index in [0.29, 0.717) is 19.1 Å². The number of benzene rings is 2. The lowest BCUT2D eigenvalue weighted by atomic mass is 10.00. The molecule has 1 unspecified atom stereocenters. The van der Waals surface area contributed by atoms with Gasteiger partial charge in [-0.05, 0) is 50.6 Å². The van der Waals surface area contributed by atoms with Crippen molar-refractivity contribution in [1.29, 1.82) is 0 Å². The summed E-state index contributed by atoms with van der Waals surface area (Å²) in [5.74, 6) is -8.35. The van der Waals surface area contributed by atoms with Gasteiger partial charge in [-0.1, -0.05) is 0 Å². The van der Waals surface area contributed by atoms with Crippen LogP contribution in [-0.4, -0.2) is 46.1 Å². The van der Waals surface area contributed by atoms with Crippen LogP contribution in [0, 0.1) is 17.7 Å². The third kappa shape index (κ3) is 6.95. The van der Waals surface area contributed by atoms with Gasteiger partial charge in [-0.15, -0.1) is 0 Å². The molecule has 0 saturated heterocycles. The predicted molar refractivity (Wildman–Crippen MR) is 127 cm³/mol. The molecule has 1 aliphatic heterocycles. The summed E-state index contributed by atoms with van der Waals surface area (Å²) >= 11 is 0. The molecule has 3 atom stereocenters. The summed E-state index contributed by atoms with van der Waals surface area (Å²) in [4.78, 5) is 11.8. The van der Waals surface area contributed by atoms with Crippen molar-refractivity contribution in [3.63, 3.8) is 0 Å². The highest BCUT2D eigenvalue weighted by atomic mass is 32.2. The molecule has 14 heteroatoms. The van der Waals surface area contributed by atoms with Crippen LogP contribution in [0.3, 0.4) is 0 Å². The fraction of sp³-hybridized carbons (Fsp3) is 0.480. The van der Waals surface area contributed by atoms with E-state index < -0.39 is 99.0 Å². The number of alkyl halides is 6. The second-order valence-corrected chi connectivity index (χ2v) is 11.4. The molecule has 0 aromatic heterocycles. The maximum absolute atomic E-state index is 15.6. The van der Waals surface area contributed by atoms with Crippen LogP contribution >= 0.6 is 0 Å². The van der Waals surface area contributed by atoms with Gasteiger partial charge in [0.15, 0.2) is 0 Å². The smallest absolute Gasteiger partial charge is 0.420 e. The number of hydrogen-bond donors (Lipinski definition) is 0. The Hall–Kier alpha value is -3.03. The van der Waals surface area contributed by atoms with Gasteiger partial charge in [0.2, 0.25) is 21.3 Å². The van der Waals surface area contributed by atoms with Crippen molar-refractivity contribution in [2.75, 3.05) is 25.2 Å². The number of anilines is 2. The van der Waals surface area contributed by atoms with E-state index in [-0.39, 0.29) is 5.69 Å². The van der Waals surface area contributed by atoms with Crippen molar-refractivity contribution in [2.24, 2.45) is 11.8 Å². The highest BCUT2D eigenvalue weighted by Crippen LogP contribution is 2.47. The van der Waals surface area contributed by atoms with E-state index >= 15 is 4.39 Å². The molecule has 0 aliphatic carbocycles. The lowest BCUT2D eigenvalue weighted by Gasteiger charge is -2.29. The van der Waals surface area contributed by atoms with Crippen molar-refractivity contribution in [3.8, 4) is 5.75 Å². The normalized spacial score (nSPS) is 20.1. The molecule has 0 saturated carbocycles. The van der Waals surface area contributed by atoms with Crippen LogP contribution in [0.15, 0.2) is 41.3 Å². The van der Waals surface area contributed by atoms with Crippen molar-refractivity contribution < 1.29 is 53.4 Å². The number of methoxy groups -OCH3 is 1. The van der Waals surface area contributed by atoms with Gasteiger partial charge in [-0.3, -0.25) is 4.79 Å². The lowest BCUT2D eigenvalue weighted by Crippen LogP contribution is -2.32. The van der Waals surface area contributed by atoms with Gasteiger partial charge >= 0.3 is 12.1 Å². The zero-order chi connectivity index (χ0) is 29.3. The topological polar surface area (TPSA) is 72.9 Å². The Balaban J connectivity index is 2.23. The van der Waals surface area contributed by atoms with Crippen LogP contribution in [-0.2, 0) is 25.5 Å². The summed E-state index contributed by atoms with van der Waals surface area (Å²) in [5.41, 5.74) is -4.75. The number of hydrogen-bond acceptors (Lipinski definition) is 6. The van der Waals surface area contributed by atoms with Gasteiger partial charge in [-0.2, -0.15) is 13.2 Å². The van der Waals surface area contributed by atoms with Crippen LogP contribution in [0.25, 0.3) is 0 Å². The molecule has 2 aromatic rings. The van der Waals surface area contributed by atoms with Crippen LogP contribution in [0.5, 0.6) is 5.75 Å². The number of carbonyl (C=O) groups excluding carboxylic acids is 1. The van der Waals surface area contributed by atoms with Crippen molar-refractivity contribution in [3.05, 3.63) is 47.8 Å². The Kier molecular flexibility index (Phi) is 8.78. The minimum Gasteiger partial charge on any atom is -0.492 e. The second kappa shape index (κ2) is 11.2. The minimum atomic E-state index is -5.08. The van der Waals surface area contributed by atoms with Crippen molar-refractivity contribution in [1.82, 2.24) is 0 Å². The summed E-state index contributed by atoms with van der Waals surface area (Å²) in [7, 11) is -3.97. The van der Waals surface area contributed by atoms with E-state index in [1.165, 1.54) is 6.92 Å². The quantitative estimate of drug-likeness (QED) is 0.267. The SMILES string of the molecule is COC(=O)[C@H](C)COc1cc2c(cc1C(F)(F)F)N(c1ccc(F)cc1)C[C@H](CCC(C)(F)F)C(F)S2(=O)=O. The van der Waals surface area contributed by atoms with Crippen LogP contribution < -0.4 is 9.64 Å². The van der Waals surface area contributed by atoms with E-state index in [9.17, 15) is 39.6 Å². The van der Waals surface area contributed by atoms with Crippen LogP contribution in [0.1, 0.15) is 32.3 Å². The molecule has 216 valence electrons. The number of rotatable bonds is 8. The predicted octanol–water partition coefficient (Wildman–Crippen LogP) is 6.31. The fourth-order valence-electron chi connectivity index (χ4n) is 4.13. The van der Waals surface area contributed by atoms with E-state index in [1.807, 2.05) is 0 Å². The average molecular weight is 586 g/mol. The molecule has 39 heavy (non-hydrogen) atoms. The number of sulfone groups is 1. The third-order valence-corrected chi connectivity index (χ3v) is 8.15. The fourth-order valence-corrected chi connectivity index (χ4v) is 5.83. The highest BCUT2D eigenvalue weighted by Gasteiger charge is 2.45. The zero-order valence-corrected chi connectivity index (χ0v) is 21.9. The Labute approximate surface area is 220 Å². The Morgan fingerprint density at radius 1 is 1.13 bits per heavy atom. The second-order valence-electron chi connectivity index (χ2n) is 9.40. The highest BCUT2D eigenvalue weighted by molar-refractivity contribution is 7.92. The average Bonchev–Trinajstić information content (AvgIpc) is 2.92. The monoisotopic (exact) mass is 585 g/mol. The molecule has 1 aliphatic rings. The largest absolute Gasteiger partial charge is 0.492 e. The number of halogens is 7. The number of ether oxygens (including phenoxy) is 2. The first-order valence-corrected chi connectivity index (χ1v) is 13.2. The van der Waals surface area contributed by atoms with Crippen molar-refractivity contribution in [2.45, 2.75) is 49.2 Å². The molecular weight excluding hydrogens is 559 g/mol. The van der Waals surface area contributed by atoms with Crippen LogP contribution in [0.2, 0.25) is 0 Å². The summed E-state index contributed by atoms with van der Waals surface area (Å²) in [6, 6.07) is 5.19. The maximum atomic E-state index is 15.6. The van der Waals surface area contributed by atoms with E-state index in [4.69, 9.17) is 4.74 Å². The lowest BCUT2D eigenvalue weighted by molar-refractivity contribution is -0.146. The molecule has 0 spiro atoms. The summed E-state index contributed by atoms with van der Waals surface area (Å²) in [6.45, 7) is 0.670. The standard InChI is InChI=1S/C25H26F7NO5S/c1-14(23(34)37-3)13-38-20-11-21-19(10-18(20)25(30,31)32)33(17-6-4-16(26)5-7-17)12-15(8-9-24(2,28)29)22(27)39(21,35)36/h4-7,10-11,14-15,22H,8-9,12-13H2,1-3H3/t14-,15+,22?/m1/s1. The summed E-state index contributed by atoms with van der Waals surface area (Å²) in [5, 5.41) is 0. The minimum absolute atomic E-state index is 0.0105. The van der Waals surface area contributed by atoms with Gasteiger partial charge in [0.1, 0.15) is 18.2 Å². The molecular formula is C25H26F7NO5S. The maximum Gasteiger partial charge on any atom is 0.420 e. The van der Waals surface area contributed by atoms with Gasteiger partial charge in [0, 0.05) is 30.6 Å². The Morgan fingerprint density at radius 2 is 1.74 bits per heavy atom. The molecule has 0 N–H and O–H groups in total. The molecule has 6 nitrogen and oxygen atoms in total. The first-order valence-electron chi connectivity index (χ1n) is 11.7. The van der Waals surface area contributed by atoms with Gasteiger partial charge < -0.3 is 14.4 Å². The summed E-state index contributed by atoms with van der Waals surface area (Å²) < 4.78 is 135. The van der Waals surface area contributed by atoms with E-state index in [2.05, 4.69) is 4.74 Å². The third-order valence-electron chi connectivity index (χ3n) is 6.23. The zero-order valence-electron chi connectivity index (χ0n) is 21.1. The first-order chi connectivity index (χ1) is 18.0. The molecule has 0 radical (unpaired) electrons.